The Morgan fingerprint density at radius 2 is 2.00 bits per heavy atom. The maximum absolute atomic E-state index is 12.5. The summed E-state index contributed by atoms with van der Waals surface area (Å²) in [6.07, 6.45) is -2.71. The van der Waals surface area contributed by atoms with Gasteiger partial charge in [0.05, 0.1) is 30.1 Å². The van der Waals surface area contributed by atoms with Gasteiger partial charge in [-0.2, -0.15) is 0 Å². The second-order valence-electron chi connectivity index (χ2n) is 7.78. The number of halogens is 3. The van der Waals surface area contributed by atoms with Crippen LogP contribution in [0.1, 0.15) is 41.4 Å². The number of rotatable bonds is 5. The van der Waals surface area contributed by atoms with Crippen LogP contribution in [0.25, 0.3) is 0 Å². The van der Waals surface area contributed by atoms with Crippen molar-refractivity contribution in [3.05, 3.63) is 45.9 Å². The number of thiazole rings is 1. The summed E-state index contributed by atoms with van der Waals surface area (Å²) in [6.45, 7) is 5.98. The van der Waals surface area contributed by atoms with Crippen molar-refractivity contribution in [1.82, 2.24) is 15.2 Å². The number of nitrogens with one attached hydrogen (secondary N) is 1. The zero-order chi connectivity index (χ0) is 21.1. The van der Waals surface area contributed by atoms with E-state index in [-0.39, 0.29) is 23.8 Å². The molecule has 0 amide bonds. The van der Waals surface area contributed by atoms with Crippen molar-refractivity contribution >= 4 is 11.3 Å². The highest BCUT2D eigenvalue weighted by atomic mass is 32.1. The fourth-order valence-electron chi connectivity index (χ4n) is 4.21. The van der Waals surface area contributed by atoms with E-state index in [1.165, 1.54) is 12.1 Å². The zero-order valence-corrected chi connectivity index (χ0v) is 17.6. The standard InChI is InChI=1S/C21H26F3N3O2S/c1-2-17-13-30-20(26-17)16-9-15(10-27(11-16)19-12-28-8-7-25-19)14-3-5-18(6-4-14)29-21(22,23)24/h3-6,13,15-16,19,25H,2,7-12H2,1H3. The molecule has 2 saturated heterocycles. The molecule has 3 atom stereocenters. The quantitative estimate of drug-likeness (QED) is 0.756. The van der Waals surface area contributed by atoms with Gasteiger partial charge in [-0.15, -0.1) is 24.5 Å². The van der Waals surface area contributed by atoms with Crippen molar-refractivity contribution in [3.8, 4) is 5.75 Å². The van der Waals surface area contributed by atoms with Crippen LogP contribution in [-0.4, -0.2) is 55.3 Å². The Morgan fingerprint density at radius 1 is 1.23 bits per heavy atom. The first-order valence-electron chi connectivity index (χ1n) is 10.3. The lowest BCUT2D eigenvalue weighted by molar-refractivity contribution is -0.274. The maximum atomic E-state index is 12.5. The number of hydrogen-bond acceptors (Lipinski definition) is 6. The summed E-state index contributed by atoms with van der Waals surface area (Å²) in [5, 5.41) is 6.78. The van der Waals surface area contributed by atoms with E-state index in [4.69, 9.17) is 9.72 Å². The van der Waals surface area contributed by atoms with Crippen LogP contribution < -0.4 is 10.1 Å². The minimum Gasteiger partial charge on any atom is -0.406 e. The van der Waals surface area contributed by atoms with Gasteiger partial charge >= 0.3 is 6.36 Å². The molecular formula is C21H26F3N3O2S. The van der Waals surface area contributed by atoms with Gasteiger partial charge in [-0.05, 0) is 36.5 Å². The lowest BCUT2D eigenvalue weighted by Crippen LogP contribution is -2.56. The van der Waals surface area contributed by atoms with E-state index < -0.39 is 6.36 Å². The summed E-state index contributed by atoms with van der Waals surface area (Å²) in [5.74, 6) is 0.288. The highest BCUT2D eigenvalue weighted by molar-refractivity contribution is 7.09. The Labute approximate surface area is 178 Å². The molecule has 4 rings (SSSR count). The van der Waals surface area contributed by atoms with Gasteiger partial charge in [0.15, 0.2) is 0 Å². The highest BCUT2D eigenvalue weighted by Gasteiger charge is 2.35. The number of likely N-dealkylation sites (tertiary alicyclic amines) is 1. The third kappa shape index (κ3) is 5.32. The van der Waals surface area contributed by atoms with Crippen LogP contribution in [0.4, 0.5) is 13.2 Å². The highest BCUT2D eigenvalue weighted by Crippen LogP contribution is 2.38. The van der Waals surface area contributed by atoms with Crippen molar-refractivity contribution in [2.75, 3.05) is 32.8 Å². The average Bonchev–Trinajstić information content (AvgIpc) is 3.23. The van der Waals surface area contributed by atoms with Crippen LogP contribution in [0.2, 0.25) is 0 Å². The van der Waals surface area contributed by atoms with Crippen LogP contribution in [0.3, 0.4) is 0 Å². The lowest BCUT2D eigenvalue weighted by Gasteiger charge is -2.43. The van der Waals surface area contributed by atoms with Gasteiger partial charge in [0, 0.05) is 30.9 Å². The molecule has 0 radical (unpaired) electrons. The lowest BCUT2D eigenvalue weighted by atomic mass is 9.84. The van der Waals surface area contributed by atoms with E-state index in [2.05, 4.69) is 27.3 Å². The van der Waals surface area contributed by atoms with Crippen LogP contribution in [0.5, 0.6) is 5.75 Å². The predicted octanol–water partition coefficient (Wildman–Crippen LogP) is 4.12. The number of aryl methyl sites for hydroxylation is 1. The first-order chi connectivity index (χ1) is 14.4. The van der Waals surface area contributed by atoms with E-state index >= 15 is 0 Å². The summed E-state index contributed by atoms with van der Waals surface area (Å²) in [6, 6.07) is 6.29. The van der Waals surface area contributed by atoms with Crippen LogP contribution in [-0.2, 0) is 11.2 Å². The third-order valence-corrected chi connectivity index (χ3v) is 6.74. The Balaban J connectivity index is 1.54. The van der Waals surface area contributed by atoms with Crippen molar-refractivity contribution in [2.45, 2.75) is 44.1 Å². The molecule has 5 nitrogen and oxygen atoms in total. The van der Waals surface area contributed by atoms with Gasteiger partial charge in [-0.1, -0.05) is 19.1 Å². The molecule has 0 spiro atoms. The van der Waals surface area contributed by atoms with Crippen molar-refractivity contribution in [3.63, 3.8) is 0 Å². The summed E-state index contributed by atoms with van der Waals surface area (Å²) in [7, 11) is 0. The molecule has 2 aromatic rings. The molecule has 0 saturated carbocycles. The first kappa shape index (κ1) is 21.5. The molecule has 1 aromatic carbocycles. The minimum absolute atomic E-state index is 0.141. The number of ether oxygens (including phenoxy) is 2. The third-order valence-electron chi connectivity index (χ3n) is 5.69. The number of aromatic nitrogens is 1. The average molecular weight is 442 g/mol. The largest absolute Gasteiger partial charge is 0.573 e. The smallest absolute Gasteiger partial charge is 0.406 e. The predicted molar refractivity (Wildman–Crippen MR) is 109 cm³/mol. The zero-order valence-electron chi connectivity index (χ0n) is 16.8. The normalized spacial score (nSPS) is 25.9. The van der Waals surface area contributed by atoms with E-state index in [1.807, 2.05) is 0 Å². The van der Waals surface area contributed by atoms with Crippen molar-refractivity contribution < 1.29 is 22.6 Å². The minimum atomic E-state index is -4.68. The molecule has 0 aliphatic carbocycles. The molecule has 164 valence electrons. The van der Waals surface area contributed by atoms with E-state index in [0.717, 1.165) is 48.7 Å². The molecular weight excluding hydrogens is 415 g/mol. The monoisotopic (exact) mass is 441 g/mol. The van der Waals surface area contributed by atoms with E-state index in [9.17, 15) is 13.2 Å². The summed E-state index contributed by atoms with van der Waals surface area (Å²) < 4.78 is 47.1. The SMILES string of the molecule is CCc1csc(C2CC(c3ccc(OC(F)(F)F)cc3)CN(C3COCCN3)C2)n1. The topological polar surface area (TPSA) is 46.6 Å². The Bertz CT molecular complexity index is 822. The fourth-order valence-corrected chi connectivity index (χ4v) is 5.22. The Morgan fingerprint density at radius 3 is 2.63 bits per heavy atom. The van der Waals surface area contributed by atoms with E-state index in [0.29, 0.717) is 13.2 Å². The molecule has 3 unspecified atom stereocenters. The molecule has 1 N–H and O–H groups in total. The second kappa shape index (κ2) is 9.21. The summed E-state index contributed by atoms with van der Waals surface area (Å²) >= 11 is 1.70. The van der Waals surface area contributed by atoms with E-state index in [1.54, 1.807) is 23.5 Å². The fraction of sp³-hybridized carbons (Fsp3) is 0.571. The molecule has 9 heteroatoms. The summed E-state index contributed by atoms with van der Waals surface area (Å²) in [5.41, 5.74) is 2.12. The van der Waals surface area contributed by atoms with Gasteiger partial charge in [0.25, 0.3) is 0 Å². The number of nitrogens with zero attached hydrogens (tertiary/aromatic N) is 2. The first-order valence-corrected chi connectivity index (χ1v) is 11.1. The second-order valence-corrected chi connectivity index (χ2v) is 8.67. The van der Waals surface area contributed by atoms with Gasteiger partial charge < -0.3 is 9.47 Å². The Hall–Kier alpha value is -1.68. The number of hydrogen-bond donors (Lipinski definition) is 1. The molecule has 2 aliphatic heterocycles. The number of piperidine rings is 1. The van der Waals surface area contributed by atoms with Gasteiger partial charge in [0.2, 0.25) is 0 Å². The molecule has 1 aromatic heterocycles. The van der Waals surface area contributed by atoms with Gasteiger partial charge in [0.1, 0.15) is 5.75 Å². The van der Waals surface area contributed by atoms with Gasteiger partial charge in [-0.25, -0.2) is 4.98 Å². The van der Waals surface area contributed by atoms with Crippen molar-refractivity contribution in [2.24, 2.45) is 0 Å². The van der Waals surface area contributed by atoms with Crippen LogP contribution in [0.15, 0.2) is 29.6 Å². The maximum Gasteiger partial charge on any atom is 0.573 e. The van der Waals surface area contributed by atoms with Crippen molar-refractivity contribution in [1.29, 1.82) is 0 Å². The number of morpholine rings is 1. The molecule has 3 heterocycles. The molecule has 2 fully saturated rings. The number of alkyl halides is 3. The van der Waals surface area contributed by atoms with Crippen LogP contribution in [0, 0.1) is 0 Å². The number of benzene rings is 1. The molecule has 30 heavy (non-hydrogen) atoms. The molecule has 0 bridgehead atoms. The van der Waals surface area contributed by atoms with Gasteiger partial charge in [-0.3, -0.25) is 10.2 Å². The molecule has 2 aliphatic rings. The van der Waals surface area contributed by atoms with Crippen LogP contribution >= 0.6 is 11.3 Å². The summed E-state index contributed by atoms with van der Waals surface area (Å²) in [4.78, 5) is 7.20. The Kier molecular flexibility index (Phi) is 6.62.